The van der Waals surface area contributed by atoms with Gasteiger partial charge in [-0.05, 0) is 11.6 Å². The summed E-state index contributed by atoms with van der Waals surface area (Å²) in [6.07, 6.45) is 0.602. The van der Waals surface area contributed by atoms with Gasteiger partial charge in [-0.15, -0.1) is 0 Å². The summed E-state index contributed by atoms with van der Waals surface area (Å²) in [5, 5.41) is 2.91. The summed E-state index contributed by atoms with van der Waals surface area (Å²) in [7, 11) is 0. The van der Waals surface area contributed by atoms with Crippen LogP contribution < -0.4 is 5.32 Å². The molecular weight excluding hydrogens is 190 g/mol. The molecule has 2 aliphatic rings. The van der Waals surface area contributed by atoms with Gasteiger partial charge in [0.1, 0.15) is 0 Å². The Morgan fingerprint density at radius 3 is 2.80 bits per heavy atom. The largest absolute Gasteiger partial charge is 0.381 e. The first-order chi connectivity index (χ1) is 7.34. The number of carbonyl (C=O) groups excluding carboxylic acids is 1. The van der Waals surface area contributed by atoms with Crippen LogP contribution in [0.3, 0.4) is 0 Å². The van der Waals surface area contributed by atoms with Crippen molar-refractivity contribution < 1.29 is 9.53 Å². The van der Waals surface area contributed by atoms with Gasteiger partial charge < -0.3 is 10.1 Å². The average molecular weight is 203 g/mol. The second kappa shape index (κ2) is 3.35. The first kappa shape index (κ1) is 8.92. The molecule has 1 atom stereocenters. The molecular formula is C12H13NO2. The molecule has 1 aromatic rings. The molecule has 2 aliphatic heterocycles. The second-order valence-electron chi connectivity index (χ2n) is 4.24. The van der Waals surface area contributed by atoms with Crippen LogP contribution in [0, 0.1) is 5.92 Å². The van der Waals surface area contributed by atoms with Crippen LogP contribution in [0.25, 0.3) is 0 Å². The number of rotatable bonds is 1. The van der Waals surface area contributed by atoms with Crippen molar-refractivity contribution in [3.8, 4) is 0 Å². The van der Waals surface area contributed by atoms with Gasteiger partial charge in [0.15, 0.2) is 0 Å². The molecule has 1 fully saturated rings. The van der Waals surface area contributed by atoms with Crippen LogP contribution in [0.1, 0.15) is 17.9 Å². The van der Waals surface area contributed by atoms with Gasteiger partial charge in [0.2, 0.25) is 5.91 Å². The Balaban J connectivity index is 1.98. The number of amides is 1. The molecule has 78 valence electrons. The lowest BCUT2D eigenvalue weighted by molar-refractivity contribution is -0.118. The van der Waals surface area contributed by atoms with E-state index in [-0.39, 0.29) is 5.91 Å². The maximum absolute atomic E-state index is 11.5. The van der Waals surface area contributed by atoms with Gasteiger partial charge in [-0.1, -0.05) is 18.2 Å². The van der Waals surface area contributed by atoms with Gasteiger partial charge in [0.25, 0.3) is 0 Å². The molecule has 15 heavy (non-hydrogen) atoms. The van der Waals surface area contributed by atoms with Crippen molar-refractivity contribution in [2.45, 2.75) is 12.3 Å². The minimum atomic E-state index is 0.130. The fraction of sp³-hybridized carbons (Fsp3) is 0.417. The van der Waals surface area contributed by atoms with E-state index in [1.165, 1.54) is 5.56 Å². The number of hydrogen-bond acceptors (Lipinski definition) is 2. The Labute approximate surface area is 88.4 Å². The molecule has 1 N–H and O–H groups in total. The minimum absolute atomic E-state index is 0.130. The van der Waals surface area contributed by atoms with E-state index >= 15 is 0 Å². The number of anilines is 1. The fourth-order valence-electron chi connectivity index (χ4n) is 2.35. The van der Waals surface area contributed by atoms with Crippen LogP contribution in [0.2, 0.25) is 0 Å². The summed E-state index contributed by atoms with van der Waals surface area (Å²) < 4.78 is 5.21. The maximum atomic E-state index is 11.5. The summed E-state index contributed by atoms with van der Waals surface area (Å²) >= 11 is 0. The fourth-order valence-corrected chi connectivity index (χ4v) is 2.35. The lowest BCUT2D eigenvalue weighted by atomic mass is 9.79. The van der Waals surface area contributed by atoms with Gasteiger partial charge >= 0.3 is 0 Å². The van der Waals surface area contributed by atoms with E-state index in [0.717, 1.165) is 18.9 Å². The molecule has 0 aliphatic carbocycles. The van der Waals surface area contributed by atoms with Gasteiger partial charge in [0, 0.05) is 23.9 Å². The number of benzene rings is 1. The highest BCUT2D eigenvalue weighted by atomic mass is 16.5. The van der Waals surface area contributed by atoms with E-state index in [1.807, 2.05) is 18.2 Å². The van der Waals surface area contributed by atoms with Crippen LogP contribution in [-0.2, 0) is 9.53 Å². The lowest BCUT2D eigenvalue weighted by Gasteiger charge is -2.36. The zero-order valence-corrected chi connectivity index (χ0v) is 8.40. The highest BCUT2D eigenvalue weighted by Gasteiger charge is 2.35. The summed E-state index contributed by atoms with van der Waals surface area (Å²) in [4.78, 5) is 11.5. The molecule has 1 amide bonds. The third kappa shape index (κ3) is 1.43. The van der Waals surface area contributed by atoms with Gasteiger partial charge in [-0.2, -0.15) is 0 Å². The maximum Gasteiger partial charge on any atom is 0.225 e. The Morgan fingerprint density at radius 1 is 1.27 bits per heavy atom. The highest BCUT2D eigenvalue weighted by molar-refractivity contribution is 5.94. The molecule has 0 unspecified atom stereocenters. The van der Waals surface area contributed by atoms with Crippen LogP contribution in [-0.4, -0.2) is 19.1 Å². The molecule has 0 aromatic heterocycles. The van der Waals surface area contributed by atoms with Crippen molar-refractivity contribution in [1.82, 2.24) is 0 Å². The first-order valence-electron chi connectivity index (χ1n) is 5.31. The summed E-state index contributed by atoms with van der Waals surface area (Å²) in [6, 6.07) is 8.07. The van der Waals surface area contributed by atoms with Crippen molar-refractivity contribution in [2.75, 3.05) is 18.5 Å². The molecule has 1 saturated heterocycles. The molecule has 0 spiro atoms. The van der Waals surface area contributed by atoms with Crippen molar-refractivity contribution in [3.05, 3.63) is 29.8 Å². The van der Waals surface area contributed by atoms with Crippen LogP contribution in [0.15, 0.2) is 24.3 Å². The minimum Gasteiger partial charge on any atom is -0.381 e. The van der Waals surface area contributed by atoms with Crippen LogP contribution in [0.5, 0.6) is 0 Å². The third-order valence-corrected chi connectivity index (χ3v) is 3.27. The van der Waals surface area contributed by atoms with Gasteiger partial charge in [-0.25, -0.2) is 0 Å². The van der Waals surface area contributed by atoms with E-state index < -0.39 is 0 Å². The quantitative estimate of drug-likeness (QED) is 0.755. The summed E-state index contributed by atoms with van der Waals surface area (Å²) in [5.74, 6) is 1.01. The predicted molar refractivity (Wildman–Crippen MR) is 56.7 cm³/mol. The van der Waals surface area contributed by atoms with E-state index in [4.69, 9.17) is 4.74 Å². The van der Waals surface area contributed by atoms with E-state index in [2.05, 4.69) is 11.4 Å². The van der Waals surface area contributed by atoms with Crippen molar-refractivity contribution >= 4 is 11.6 Å². The summed E-state index contributed by atoms with van der Waals surface area (Å²) in [5.41, 5.74) is 2.25. The zero-order chi connectivity index (χ0) is 10.3. The highest BCUT2D eigenvalue weighted by Crippen LogP contribution is 2.39. The number of ether oxygens (including phenoxy) is 1. The van der Waals surface area contributed by atoms with Gasteiger partial charge in [-0.3, -0.25) is 4.79 Å². The van der Waals surface area contributed by atoms with Crippen molar-refractivity contribution in [3.63, 3.8) is 0 Å². The molecule has 3 rings (SSSR count). The predicted octanol–water partition coefficient (Wildman–Crippen LogP) is 1.76. The number of carbonyl (C=O) groups is 1. The topological polar surface area (TPSA) is 38.3 Å². The Hall–Kier alpha value is -1.35. The van der Waals surface area contributed by atoms with Gasteiger partial charge in [0.05, 0.1) is 13.2 Å². The Kier molecular flexibility index (Phi) is 1.99. The molecule has 0 saturated carbocycles. The number of nitrogens with one attached hydrogen (secondary N) is 1. The number of hydrogen-bond donors (Lipinski definition) is 1. The third-order valence-electron chi connectivity index (χ3n) is 3.27. The normalized spacial score (nSPS) is 25.3. The molecule has 2 heterocycles. The van der Waals surface area contributed by atoms with E-state index in [9.17, 15) is 4.79 Å². The molecule has 3 nitrogen and oxygen atoms in total. The second-order valence-corrected chi connectivity index (χ2v) is 4.24. The standard InChI is InChI=1S/C12H13NO2/c14-12-5-10(8-6-15-7-8)9-3-1-2-4-11(9)13-12/h1-4,8,10H,5-7H2,(H,13,14)/t10-/m0/s1. The average Bonchev–Trinajstić information content (AvgIpc) is 2.14. The summed E-state index contributed by atoms with van der Waals surface area (Å²) in [6.45, 7) is 1.60. The monoisotopic (exact) mass is 203 g/mol. The number of fused-ring (bicyclic) bond motifs is 1. The SMILES string of the molecule is O=C1C[C@@H](C2COC2)c2ccccc2N1. The lowest BCUT2D eigenvalue weighted by Crippen LogP contribution is -2.37. The smallest absolute Gasteiger partial charge is 0.225 e. The number of para-hydroxylation sites is 1. The van der Waals surface area contributed by atoms with Crippen LogP contribution >= 0.6 is 0 Å². The van der Waals surface area contributed by atoms with E-state index in [1.54, 1.807) is 0 Å². The molecule has 0 radical (unpaired) electrons. The molecule has 3 heteroatoms. The molecule has 1 aromatic carbocycles. The zero-order valence-electron chi connectivity index (χ0n) is 8.40. The van der Waals surface area contributed by atoms with E-state index in [0.29, 0.717) is 18.3 Å². The van der Waals surface area contributed by atoms with Crippen molar-refractivity contribution in [2.24, 2.45) is 5.92 Å². The Morgan fingerprint density at radius 2 is 2.07 bits per heavy atom. The Bertz CT molecular complexity index is 398. The first-order valence-corrected chi connectivity index (χ1v) is 5.31. The van der Waals surface area contributed by atoms with Crippen molar-refractivity contribution in [1.29, 1.82) is 0 Å². The molecule has 0 bridgehead atoms. The van der Waals surface area contributed by atoms with Crippen LogP contribution in [0.4, 0.5) is 5.69 Å².